The maximum Gasteiger partial charge on any atom is 0.191 e. The number of aromatic amines is 1. The number of thiazole rings is 1. The summed E-state index contributed by atoms with van der Waals surface area (Å²) in [6, 6.07) is 6.52. The standard InChI is InChI=1S/C24H29N7S2/c1-23(2)9-16(10-24(3,4)30-23)31(5)22-29-20-21(33-22)28-18(13-25-20)17-7-6-14(8-19(17)32)15-11-26-27-12-15/h6-8,11-13,16,30,32H,9-10H2,1-5H3,(H,26,27). The monoisotopic (exact) mass is 479 g/mol. The first-order chi connectivity index (χ1) is 15.6. The van der Waals surface area contributed by atoms with Gasteiger partial charge in [-0.05, 0) is 52.2 Å². The first kappa shape index (κ1) is 22.3. The zero-order valence-corrected chi connectivity index (χ0v) is 21.3. The van der Waals surface area contributed by atoms with Crippen LogP contribution in [0.5, 0.6) is 0 Å². The maximum atomic E-state index is 4.89. The van der Waals surface area contributed by atoms with E-state index < -0.39 is 0 Å². The van der Waals surface area contributed by atoms with Crippen LogP contribution in [0.3, 0.4) is 0 Å². The maximum absolute atomic E-state index is 4.89. The Balaban J connectivity index is 1.44. The lowest BCUT2D eigenvalue weighted by molar-refractivity contribution is 0.161. The van der Waals surface area contributed by atoms with Gasteiger partial charge in [-0.1, -0.05) is 23.5 Å². The molecule has 4 aromatic rings. The minimum Gasteiger partial charge on any atom is -0.348 e. The van der Waals surface area contributed by atoms with E-state index in [-0.39, 0.29) is 11.1 Å². The number of nitrogens with zero attached hydrogens (tertiary/aromatic N) is 5. The molecule has 4 heterocycles. The Morgan fingerprint density at radius 3 is 2.48 bits per heavy atom. The number of thiol groups is 1. The van der Waals surface area contributed by atoms with Crippen molar-refractivity contribution in [1.29, 1.82) is 0 Å². The number of nitrogens with one attached hydrogen (secondary N) is 2. The van der Waals surface area contributed by atoms with E-state index in [0.717, 1.165) is 50.1 Å². The number of rotatable bonds is 4. The van der Waals surface area contributed by atoms with E-state index in [1.54, 1.807) is 23.7 Å². The predicted molar refractivity (Wildman–Crippen MR) is 138 cm³/mol. The van der Waals surface area contributed by atoms with Crippen LogP contribution in [0.4, 0.5) is 5.13 Å². The molecule has 3 aromatic heterocycles. The van der Waals surface area contributed by atoms with Crippen LogP contribution in [0.1, 0.15) is 40.5 Å². The number of aromatic nitrogens is 5. The number of benzene rings is 1. The van der Waals surface area contributed by atoms with Crippen molar-refractivity contribution in [3.8, 4) is 22.4 Å². The Bertz CT molecular complexity index is 1280. The summed E-state index contributed by atoms with van der Waals surface area (Å²) in [4.78, 5) is 18.3. The number of piperidine rings is 1. The summed E-state index contributed by atoms with van der Waals surface area (Å²) in [7, 11) is 2.14. The molecule has 1 aromatic carbocycles. The van der Waals surface area contributed by atoms with Gasteiger partial charge >= 0.3 is 0 Å². The van der Waals surface area contributed by atoms with Gasteiger partial charge in [0.1, 0.15) is 0 Å². The molecule has 172 valence electrons. The van der Waals surface area contributed by atoms with Crippen LogP contribution in [0.15, 0.2) is 41.7 Å². The van der Waals surface area contributed by atoms with Crippen LogP contribution in [0.2, 0.25) is 0 Å². The van der Waals surface area contributed by atoms with Crippen LogP contribution >= 0.6 is 24.0 Å². The molecule has 7 nitrogen and oxygen atoms in total. The Morgan fingerprint density at radius 2 is 1.82 bits per heavy atom. The van der Waals surface area contributed by atoms with E-state index in [0.29, 0.717) is 11.7 Å². The highest BCUT2D eigenvalue weighted by atomic mass is 32.1. The summed E-state index contributed by atoms with van der Waals surface area (Å²) in [6.07, 6.45) is 7.57. The molecule has 0 unspecified atom stereocenters. The van der Waals surface area contributed by atoms with Gasteiger partial charge in [0.05, 0.1) is 18.1 Å². The summed E-state index contributed by atoms with van der Waals surface area (Å²) in [5.74, 6) is 0. The molecule has 1 saturated heterocycles. The fourth-order valence-corrected chi connectivity index (χ4v) is 6.29. The van der Waals surface area contributed by atoms with Gasteiger partial charge in [0, 0.05) is 46.4 Å². The van der Waals surface area contributed by atoms with Crippen LogP contribution < -0.4 is 10.2 Å². The minimum atomic E-state index is 0.0760. The lowest BCUT2D eigenvalue weighted by Crippen LogP contribution is -2.61. The fourth-order valence-electron chi connectivity index (χ4n) is 5.03. The summed E-state index contributed by atoms with van der Waals surface area (Å²) >= 11 is 6.32. The quantitative estimate of drug-likeness (QED) is 0.350. The third-order valence-electron chi connectivity index (χ3n) is 6.24. The third-order valence-corrected chi connectivity index (χ3v) is 7.63. The number of anilines is 1. The zero-order valence-electron chi connectivity index (χ0n) is 19.5. The summed E-state index contributed by atoms with van der Waals surface area (Å²) in [5.41, 5.74) is 4.67. The van der Waals surface area contributed by atoms with Crippen LogP contribution in [0.25, 0.3) is 32.9 Å². The second-order valence-corrected chi connectivity index (χ2v) is 11.6. The Hall–Kier alpha value is -2.49. The van der Waals surface area contributed by atoms with E-state index in [4.69, 9.17) is 22.6 Å². The van der Waals surface area contributed by atoms with Crippen molar-refractivity contribution in [1.82, 2.24) is 30.5 Å². The van der Waals surface area contributed by atoms with Gasteiger partial charge in [0.15, 0.2) is 15.6 Å². The van der Waals surface area contributed by atoms with Gasteiger partial charge in [0.25, 0.3) is 0 Å². The highest BCUT2D eigenvalue weighted by Gasteiger charge is 2.39. The molecule has 0 spiro atoms. The van der Waals surface area contributed by atoms with E-state index in [1.165, 1.54) is 0 Å². The lowest BCUT2D eigenvalue weighted by atomic mass is 9.79. The van der Waals surface area contributed by atoms with Crippen LogP contribution in [-0.2, 0) is 0 Å². The van der Waals surface area contributed by atoms with Crippen molar-refractivity contribution < 1.29 is 0 Å². The first-order valence-corrected chi connectivity index (χ1v) is 12.3. The molecule has 1 fully saturated rings. The molecule has 2 N–H and O–H groups in total. The highest BCUT2D eigenvalue weighted by Crippen LogP contribution is 2.36. The number of hydrogen-bond acceptors (Lipinski definition) is 8. The smallest absolute Gasteiger partial charge is 0.191 e. The van der Waals surface area contributed by atoms with Crippen molar-refractivity contribution in [3.63, 3.8) is 0 Å². The molecular formula is C24H29N7S2. The van der Waals surface area contributed by atoms with Crippen molar-refractivity contribution >= 4 is 39.6 Å². The summed E-state index contributed by atoms with van der Waals surface area (Å²) in [5, 5.41) is 11.6. The van der Waals surface area contributed by atoms with Crippen LogP contribution in [-0.4, -0.2) is 49.3 Å². The number of H-pyrrole nitrogens is 1. The van der Waals surface area contributed by atoms with Gasteiger partial charge in [-0.25, -0.2) is 9.97 Å². The molecule has 0 bridgehead atoms. The zero-order chi connectivity index (χ0) is 23.4. The molecule has 0 radical (unpaired) electrons. The minimum absolute atomic E-state index is 0.0760. The first-order valence-electron chi connectivity index (χ1n) is 11.1. The molecule has 33 heavy (non-hydrogen) atoms. The normalized spacial score (nSPS) is 18.0. The highest BCUT2D eigenvalue weighted by molar-refractivity contribution is 7.80. The van der Waals surface area contributed by atoms with Gasteiger partial charge < -0.3 is 10.2 Å². The Morgan fingerprint density at radius 1 is 1.06 bits per heavy atom. The van der Waals surface area contributed by atoms with Gasteiger partial charge in [-0.15, -0.1) is 12.6 Å². The fraction of sp³-hybridized carbons (Fsp3) is 0.417. The molecule has 1 aliphatic heterocycles. The van der Waals surface area contributed by atoms with Gasteiger partial charge in [-0.3, -0.25) is 5.10 Å². The third kappa shape index (κ3) is 4.49. The second-order valence-electron chi connectivity index (χ2n) is 10.2. The van der Waals surface area contributed by atoms with Crippen LogP contribution in [0, 0.1) is 0 Å². The van der Waals surface area contributed by atoms with Crippen molar-refractivity contribution in [3.05, 3.63) is 36.8 Å². The molecule has 0 atom stereocenters. The average molecular weight is 480 g/mol. The molecule has 0 aliphatic carbocycles. The molecule has 1 aliphatic rings. The SMILES string of the molecule is CN(c1nc2ncc(-c3ccc(-c4cn[nH]c4)cc3S)nc2s1)C1CC(C)(C)NC(C)(C)C1. The van der Waals surface area contributed by atoms with E-state index in [2.05, 4.69) is 66.2 Å². The van der Waals surface area contributed by atoms with Crippen molar-refractivity contribution in [2.24, 2.45) is 0 Å². The number of hydrogen-bond donors (Lipinski definition) is 3. The van der Waals surface area contributed by atoms with Crippen molar-refractivity contribution in [2.75, 3.05) is 11.9 Å². The molecule has 9 heteroatoms. The Labute approximate surface area is 203 Å². The van der Waals surface area contributed by atoms with Crippen molar-refractivity contribution in [2.45, 2.75) is 62.6 Å². The van der Waals surface area contributed by atoms with E-state index in [9.17, 15) is 0 Å². The second kappa shape index (κ2) is 8.07. The molecular weight excluding hydrogens is 450 g/mol. The number of fused-ring (bicyclic) bond motifs is 1. The topological polar surface area (TPSA) is 82.6 Å². The summed E-state index contributed by atoms with van der Waals surface area (Å²) < 4.78 is 0. The predicted octanol–water partition coefficient (Wildman–Crippen LogP) is 5.18. The van der Waals surface area contributed by atoms with Gasteiger partial charge in [-0.2, -0.15) is 10.1 Å². The summed E-state index contributed by atoms with van der Waals surface area (Å²) in [6.45, 7) is 9.09. The molecule has 0 saturated carbocycles. The largest absolute Gasteiger partial charge is 0.348 e. The van der Waals surface area contributed by atoms with Gasteiger partial charge in [0.2, 0.25) is 0 Å². The average Bonchev–Trinajstić information content (AvgIpc) is 3.40. The lowest BCUT2D eigenvalue weighted by Gasteiger charge is -2.48. The Kier molecular flexibility index (Phi) is 5.46. The molecule has 5 rings (SSSR count). The molecule has 0 amide bonds. The van der Waals surface area contributed by atoms with E-state index >= 15 is 0 Å². The van der Waals surface area contributed by atoms with E-state index in [1.807, 2.05) is 18.3 Å².